The highest BCUT2D eigenvalue weighted by atomic mass is 35.5. The molecule has 1 fully saturated rings. The molecule has 0 spiro atoms. The topological polar surface area (TPSA) is 54.2 Å². The van der Waals surface area contributed by atoms with E-state index in [0.29, 0.717) is 30.2 Å². The standard InChI is InChI=1S/C17H22ClFN4O/c1-12(2)23-10-16(20-21-23)17(24)6-3-7-22(11-17)9-13-8-14(19)4-5-15(13)18/h4-5,8,10,12,24H,3,6-7,9,11H2,1-2H3/t17-/m1/s1. The monoisotopic (exact) mass is 352 g/mol. The van der Waals surface area contributed by atoms with Crippen molar-refractivity contribution in [1.82, 2.24) is 19.9 Å². The third-order valence-corrected chi connectivity index (χ3v) is 4.84. The highest BCUT2D eigenvalue weighted by Crippen LogP contribution is 2.32. The number of benzene rings is 1. The number of hydrogen-bond donors (Lipinski definition) is 1. The number of likely N-dealkylation sites (tertiary alicyclic amines) is 1. The first kappa shape index (κ1) is 17.3. The molecule has 0 radical (unpaired) electrons. The van der Waals surface area contributed by atoms with Crippen molar-refractivity contribution in [3.63, 3.8) is 0 Å². The summed E-state index contributed by atoms with van der Waals surface area (Å²) >= 11 is 6.16. The fourth-order valence-corrected chi connectivity index (χ4v) is 3.29. The van der Waals surface area contributed by atoms with Crippen LogP contribution >= 0.6 is 11.6 Å². The maximum atomic E-state index is 13.4. The minimum Gasteiger partial charge on any atom is -0.382 e. The fraction of sp³-hybridized carbons (Fsp3) is 0.529. The maximum absolute atomic E-state index is 13.4. The van der Waals surface area contributed by atoms with Crippen LogP contribution in [0.3, 0.4) is 0 Å². The summed E-state index contributed by atoms with van der Waals surface area (Å²) in [7, 11) is 0. The molecule has 3 rings (SSSR count). The lowest BCUT2D eigenvalue weighted by Crippen LogP contribution is -2.46. The van der Waals surface area contributed by atoms with Crippen LogP contribution in [0.2, 0.25) is 5.02 Å². The van der Waals surface area contributed by atoms with Crippen molar-refractivity contribution in [3.8, 4) is 0 Å². The molecular weight excluding hydrogens is 331 g/mol. The molecule has 1 saturated heterocycles. The maximum Gasteiger partial charge on any atom is 0.123 e. The SMILES string of the molecule is CC(C)n1cc([C@@]2(O)CCCN(Cc3cc(F)ccc3Cl)C2)nn1. The molecule has 0 bridgehead atoms. The van der Waals surface area contributed by atoms with Crippen LogP contribution in [0.1, 0.15) is 44.0 Å². The Hall–Kier alpha value is -1.50. The highest BCUT2D eigenvalue weighted by molar-refractivity contribution is 6.31. The largest absolute Gasteiger partial charge is 0.382 e. The van der Waals surface area contributed by atoms with Crippen molar-refractivity contribution in [2.24, 2.45) is 0 Å². The number of halogens is 2. The van der Waals surface area contributed by atoms with Crippen molar-refractivity contribution < 1.29 is 9.50 Å². The van der Waals surface area contributed by atoms with E-state index in [1.165, 1.54) is 12.1 Å². The van der Waals surface area contributed by atoms with E-state index >= 15 is 0 Å². The van der Waals surface area contributed by atoms with Crippen LogP contribution in [0.5, 0.6) is 0 Å². The van der Waals surface area contributed by atoms with Gasteiger partial charge in [0.2, 0.25) is 0 Å². The molecular formula is C17H22ClFN4O. The summed E-state index contributed by atoms with van der Waals surface area (Å²) in [5.74, 6) is -0.304. The van der Waals surface area contributed by atoms with Crippen molar-refractivity contribution in [3.05, 3.63) is 46.5 Å². The Bertz CT molecular complexity index is 720. The van der Waals surface area contributed by atoms with Gasteiger partial charge in [-0.05, 0) is 57.0 Å². The fourth-order valence-electron chi connectivity index (χ4n) is 3.11. The molecule has 1 aliphatic rings. The quantitative estimate of drug-likeness (QED) is 0.918. The number of hydrogen-bond acceptors (Lipinski definition) is 4. The molecule has 0 aliphatic carbocycles. The number of nitrogens with zero attached hydrogens (tertiary/aromatic N) is 4. The molecule has 2 aromatic rings. The zero-order valence-electron chi connectivity index (χ0n) is 13.9. The normalized spacial score (nSPS) is 22.2. The molecule has 1 aromatic heterocycles. The average molecular weight is 353 g/mol. The van der Waals surface area contributed by atoms with Crippen LogP contribution in [0, 0.1) is 5.82 Å². The van der Waals surface area contributed by atoms with Gasteiger partial charge in [-0.25, -0.2) is 9.07 Å². The predicted molar refractivity (Wildman–Crippen MR) is 90.2 cm³/mol. The first-order valence-electron chi connectivity index (χ1n) is 8.18. The molecule has 1 N–H and O–H groups in total. The van der Waals surface area contributed by atoms with E-state index in [0.717, 1.165) is 18.5 Å². The number of rotatable bonds is 4. The molecule has 1 aromatic carbocycles. The van der Waals surface area contributed by atoms with Gasteiger partial charge in [0.05, 0.1) is 6.20 Å². The Kier molecular flexibility index (Phi) is 4.90. The summed E-state index contributed by atoms with van der Waals surface area (Å²) < 4.78 is 15.2. The van der Waals surface area contributed by atoms with Gasteiger partial charge in [0.15, 0.2) is 0 Å². The smallest absolute Gasteiger partial charge is 0.123 e. The van der Waals surface area contributed by atoms with E-state index in [4.69, 9.17) is 11.6 Å². The highest BCUT2D eigenvalue weighted by Gasteiger charge is 2.37. The van der Waals surface area contributed by atoms with Crippen molar-refractivity contribution in [1.29, 1.82) is 0 Å². The van der Waals surface area contributed by atoms with Crippen LogP contribution in [-0.2, 0) is 12.1 Å². The second-order valence-corrected chi connectivity index (χ2v) is 7.17. The lowest BCUT2D eigenvalue weighted by atomic mass is 9.89. The summed E-state index contributed by atoms with van der Waals surface area (Å²) in [6, 6.07) is 4.56. The van der Waals surface area contributed by atoms with E-state index in [-0.39, 0.29) is 11.9 Å². The van der Waals surface area contributed by atoms with Gasteiger partial charge in [-0.15, -0.1) is 5.10 Å². The number of aliphatic hydroxyl groups is 1. The van der Waals surface area contributed by atoms with Gasteiger partial charge in [-0.3, -0.25) is 4.90 Å². The Morgan fingerprint density at radius 3 is 2.92 bits per heavy atom. The average Bonchev–Trinajstić information content (AvgIpc) is 3.02. The molecule has 0 saturated carbocycles. The molecule has 0 unspecified atom stereocenters. The molecule has 1 atom stereocenters. The molecule has 130 valence electrons. The van der Waals surface area contributed by atoms with Crippen LogP contribution in [0.4, 0.5) is 4.39 Å². The summed E-state index contributed by atoms with van der Waals surface area (Å²) in [6.45, 7) is 5.78. The van der Waals surface area contributed by atoms with Crippen LogP contribution in [0.15, 0.2) is 24.4 Å². The lowest BCUT2D eigenvalue weighted by molar-refractivity contribution is -0.0414. The third-order valence-electron chi connectivity index (χ3n) is 4.47. The zero-order chi connectivity index (χ0) is 17.3. The zero-order valence-corrected chi connectivity index (χ0v) is 14.7. The Morgan fingerprint density at radius 1 is 1.42 bits per heavy atom. The number of β-amino-alcohol motifs (C(OH)–C–C–N with tert-alkyl or cyclic N) is 1. The second-order valence-electron chi connectivity index (χ2n) is 6.76. The summed E-state index contributed by atoms with van der Waals surface area (Å²) in [6.07, 6.45) is 3.28. The Balaban J connectivity index is 1.76. The minimum atomic E-state index is -1.04. The third kappa shape index (κ3) is 3.61. The molecule has 0 amide bonds. The van der Waals surface area contributed by atoms with Gasteiger partial charge in [0, 0.05) is 24.2 Å². The molecule has 2 heterocycles. The van der Waals surface area contributed by atoms with Gasteiger partial charge in [0.25, 0.3) is 0 Å². The Morgan fingerprint density at radius 2 is 2.21 bits per heavy atom. The molecule has 7 heteroatoms. The summed E-state index contributed by atoms with van der Waals surface area (Å²) in [5.41, 5.74) is 0.281. The first-order valence-corrected chi connectivity index (χ1v) is 8.56. The van der Waals surface area contributed by atoms with Crippen molar-refractivity contribution in [2.75, 3.05) is 13.1 Å². The lowest BCUT2D eigenvalue weighted by Gasteiger charge is -2.38. The van der Waals surface area contributed by atoms with Gasteiger partial charge in [-0.2, -0.15) is 0 Å². The molecule has 1 aliphatic heterocycles. The van der Waals surface area contributed by atoms with Crippen molar-refractivity contribution >= 4 is 11.6 Å². The van der Waals surface area contributed by atoms with E-state index in [1.807, 2.05) is 20.0 Å². The molecule has 24 heavy (non-hydrogen) atoms. The van der Waals surface area contributed by atoms with Gasteiger partial charge < -0.3 is 5.11 Å². The summed E-state index contributed by atoms with van der Waals surface area (Å²) in [5, 5.41) is 19.8. The second kappa shape index (κ2) is 6.78. The Labute approximate surface area is 146 Å². The predicted octanol–water partition coefficient (Wildman–Crippen LogP) is 3.14. The van der Waals surface area contributed by atoms with Gasteiger partial charge >= 0.3 is 0 Å². The van der Waals surface area contributed by atoms with E-state index in [1.54, 1.807) is 10.7 Å². The van der Waals surface area contributed by atoms with E-state index in [2.05, 4.69) is 15.2 Å². The first-order chi connectivity index (χ1) is 11.4. The van der Waals surface area contributed by atoms with Gasteiger partial charge in [-0.1, -0.05) is 16.8 Å². The summed E-state index contributed by atoms with van der Waals surface area (Å²) in [4.78, 5) is 2.08. The van der Waals surface area contributed by atoms with E-state index in [9.17, 15) is 9.50 Å². The van der Waals surface area contributed by atoms with Crippen LogP contribution < -0.4 is 0 Å². The van der Waals surface area contributed by atoms with Gasteiger partial charge in [0.1, 0.15) is 17.1 Å². The minimum absolute atomic E-state index is 0.195. The van der Waals surface area contributed by atoms with Crippen LogP contribution in [0.25, 0.3) is 0 Å². The molecule has 5 nitrogen and oxygen atoms in total. The number of piperidine rings is 1. The van der Waals surface area contributed by atoms with E-state index < -0.39 is 5.60 Å². The van der Waals surface area contributed by atoms with Crippen LogP contribution in [-0.4, -0.2) is 38.1 Å². The van der Waals surface area contributed by atoms with Crippen molar-refractivity contribution in [2.45, 2.75) is 44.9 Å². The number of aromatic nitrogens is 3.